The summed E-state index contributed by atoms with van der Waals surface area (Å²) < 4.78 is 50.9. The molecule has 9 nitrogen and oxygen atoms in total. The monoisotopic (exact) mass is 486 g/mol. The number of hydrogen-bond donors (Lipinski definition) is 2. The zero-order valence-corrected chi connectivity index (χ0v) is 18.8. The molecule has 0 aliphatic rings. The van der Waals surface area contributed by atoms with E-state index in [9.17, 15) is 18.0 Å². The first-order valence-electron chi connectivity index (χ1n) is 10.5. The number of alkyl halides is 3. The van der Waals surface area contributed by atoms with Crippen molar-refractivity contribution in [3.63, 3.8) is 0 Å². The van der Waals surface area contributed by atoms with Gasteiger partial charge in [0, 0.05) is 5.69 Å². The van der Waals surface area contributed by atoms with Crippen molar-refractivity contribution >= 4 is 17.4 Å². The molecule has 2 aromatic carbocycles. The van der Waals surface area contributed by atoms with Gasteiger partial charge >= 0.3 is 6.18 Å². The number of anilines is 2. The summed E-state index contributed by atoms with van der Waals surface area (Å²) in [5.74, 6) is 0.771. The molecule has 12 heteroatoms. The van der Waals surface area contributed by atoms with Gasteiger partial charge in [0.1, 0.15) is 17.2 Å². The molecule has 2 heterocycles. The Balaban J connectivity index is 1.51. The van der Waals surface area contributed by atoms with Gasteiger partial charge in [0.2, 0.25) is 5.89 Å². The highest BCUT2D eigenvalue weighted by Crippen LogP contribution is 2.31. The molecule has 2 aromatic heterocycles. The third kappa shape index (κ3) is 5.10. The SMILES string of the molecule is CCOc1ccccc1-c1nc(Cn2nnc(C(=O)Nc3ccc(C(F)(F)F)cc3)c2N)c(C)o1. The molecule has 1 amide bonds. The number of nitrogen functional groups attached to an aromatic ring is 1. The number of hydrogen-bond acceptors (Lipinski definition) is 7. The summed E-state index contributed by atoms with van der Waals surface area (Å²) in [5, 5.41) is 10.2. The number of nitrogens with zero attached hydrogens (tertiary/aromatic N) is 4. The number of aromatic nitrogens is 4. The molecule has 35 heavy (non-hydrogen) atoms. The first-order valence-corrected chi connectivity index (χ1v) is 10.5. The van der Waals surface area contributed by atoms with Crippen LogP contribution >= 0.6 is 0 Å². The second-order valence-corrected chi connectivity index (χ2v) is 7.46. The number of nitrogens with one attached hydrogen (secondary N) is 1. The van der Waals surface area contributed by atoms with Crippen molar-refractivity contribution in [3.05, 3.63) is 71.2 Å². The number of benzene rings is 2. The van der Waals surface area contributed by atoms with E-state index in [1.165, 1.54) is 4.68 Å². The molecule has 0 bridgehead atoms. The smallest absolute Gasteiger partial charge is 0.416 e. The normalized spacial score (nSPS) is 11.5. The Morgan fingerprint density at radius 3 is 2.57 bits per heavy atom. The van der Waals surface area contributed by atoms with Crippen LogP contribution < -0.4 is 15.8 Å². The maximum Gasteiger partial charge on any atom is 0.416 e. The predicted octanol–water partition coefficient (Wildman–Crippen LogP) is 4.54. The molecule has 0 radical (unpaired) electrons. The minimum absolute atomic E-state index is 0.0342. The van der Waals surface area contributed by atoms with Crippen LogP contribution in [0.15, 0.2) is 52.9 Å². The van der Waals surface area contributed by atoms with E-state index < -0.39 is 17.6 Å². The molecule has 4 aromatic rings. The number of oxazole rings is 1. The lowest BCUT2D eigenvalue weighted by Gasteiger charge is -2.08. The molecule has 182 valence electrons. The number of carbonyl (C=O) groups is 1. The quantitative estimate of drug-likeness (QED) is 0.393. The van der Waals surface area contributed by atoms with Gasteiger partial charge in [-0.05, 0) is 50.2 Å². The van der Waals surface area contributed by atoms with Gasteiger partial charge in [-0.3, -0.25) is 4.79 Å². The first-order chi connectivity index (χ1) is 16.7. The Kier molecular flexibility index (Phi) is 6.45. The summed E-state index contributed by atoms with van der Waals surface area (Å²) in [6, 6.07) is 11.3. The van der Waals surface area contributed by atoms with E-state index in [0.29, 0.717) is 35.3 Å². The number of aryl methyl sites for hydroxylation is 1. The van der Waals surface area contributed by atoms with Crippen LogP contribution in [0, 0.1) is 6.92 Å². The number of amides is 1. The molecule has 0 aliphatic heterocycles. The fourth-order valence-corrected chi connectivity index (χ4v) is 3.29. The second kappa shape index (κ2) is 9.49. The van der Waals surface area contributed by atoms with E-state index in [1.807, 2.05) is 31.2 Å². The number of rotatable bonds is 7. The Hall–Kier alpha value is -4.35. The average molecular weight is 486 g/mol. The summed E-state index contributed by atoms with van der Waals surface area (Å²) >= 11 is 0. The summed E-state index contributed by atoms with van der Waals surface area (Å²) in [7, 11) is 0. The third-order valence-electron chi connectivity index (χ3n) is 5.07. The number of ether oxygens (including phenoxy) is 1. The fourth-order valence-electron chi connectivity index (χ4n) is 3.29. The molecule has 0 atom stereocenters. The lowest BCUT2D eigenvalue weighted by Crippen LogP contribution is -2.15. The first kappa shape index (κ1) is 23.8. The largest absolute Gasteiger partial charge is 0.493 e. The summed E-state index contributed by atoms with van der Waals surface area (Å²) in [6.45, 7) is 4.18. The highest BCUT2D eigenvalue weighted by atomic mass is 19.4. The Morgan fingerprint density at radius 1 is 1.17 bits per heavy atom. The molecular formula is C23H21F3N6O3. The van der Waals surface area contributed by atoms with Crippen LogP contribution in [0.3, 0.4) is 0 Å². The summed E-state index contributed by atoms with van der Waals surface area (Å²) in [4.78, 5) is 17.1. The number of halogens is 3. The van der Waals surface area contributed by atoms with Crippen LogP contribution in [-0.4, -0.2) is 32.5 Å². The molecule has 0 aliphatic carbocycles. The van der Waals surface area contributed by atoms with E-state index in [0.717, 1.165) is 24.3 Å². The van der Waals surface area contributed by atoms with Gasteiger partial charge in [0.05, 0.1) is 24.3 Å². The van der Waals surface area contributed by atoms with Crippen molar-refractivity contribution in [2.45, 2.75) is 26.6 Å². The van der Waals surface area contributed by atoms with Crippen molar-refractivity contribution in [1.82, 2.24) is 20.0 Å². The van der Waals surface area contributed by atoms with E-state index >= 15 is 0 Å². The van der Waals surface area contributed by atoms with Gasteiger partial charge in [-0.25, -0.2) is 9.67 Å². The Labute approximate surface area is 197 Å². The number of nitrogens with two attached hydrogens (primary N) is 1. The average Bonchev–Trinajstić information content (AvgIpc) is 3.36. The Morgan fingerprint density at radius 2 is 1.89 bits per heavy atom. The molecule has 0 spiro atoms. The van der Waals surface area contributed by atoms with Crippen molar-refractivity contribution < 1.29 is 27.1 Å². The maximum atomic E-state index is 12.7. The van der Waals surface area contributed by atoms with Crippen molar-refractivity contribution in [1.29, 1.82) is 0 Å². The summed E-state index contributed by atoms with van der Waals surface area (Å²) in [5.41, 5.74) is 6.44. The highest BCUT2D eigenvalue weighted by molar-refractivity contribution is 6.05. The van der Waals surface area contributed by atoms with Gasteiger partial charge in [0.25, 0.3) is 5.91 Å². The van der Waals surface area contributed by atoms with Crippen LogP contribution in [0.5, 0.6) is 5.75 Å². The second-order valence-electron chi connectivity index (χ2n) is 7.46. The molecule has 0 saturated carbocycles. The lowest BCUT2D eigenvalue weighted by molar-refractivity contribution is -0.137. The molecule has 0 fully saturated rings. The number of carbonyl (C=O) groups excluding carboxylic acids is 1. The third-order valence-corrected chi connectivity index (χ3v) is 5.07. The number of para-hydroxylation sites is 1. The van der Waals surface area contributed by atoms with Crippen molar-refractivity contribution in [2.24, 2.45) is 0 Å². The lowest BCUT2D eigenvalue weighted by atomic mass is 10.2. The van der Waals surface area contributed by atoms with Crippen molar-refractivity contribution in [2.75, 3.05) is 17.7 Å². The fraction of sp³-hybridized carbons (Fsp3) is 0.217. The minimum Gasteiger partial charge on any atom is -0.493 e. The Bertz CT molecular complexity index is 1350. The van der Waals surface area contributed by atoms with Crippen LogP contribution in [-0.2, 0) is 12.7 Å². The van der Waals surface area contributed by atoms with Gasteiger partial charge < -0.3 is 20.2 Å². The standard InChI is InChI=1S/C23H21F3N6O3/c1-3-34-18-7-5-4-6-16(18)22-29-17(13(2)35-22)12-32-20(27)19(30-31-32)21(33)28-15-10-8-14(9-11-15)23(24,25)26/h4-11H,3,12,27H2,1-2H3,(H,28,33). The van der Waals surface area contributed by atoms with Crippen LogP contribution in [0.25, 0.3) is 11.5 Å². The molecule has 0 saturated heterocycles. The predicted molar refractivity (Wildman–Crippen MR) is 121 cm³/mol. The minimum atomic E-state index is -4.47. The van der Waals surface area contributed by atoms with Crippen LogP contribution in [0.1, 0.15) is 34.4 Å². The van der Waals surface area contributed by atoms with E-state index in [2.05, 4.69) is 20.6 Å². The molecule has 4 rings (SSSR count). The molecule has 0 unspecified atom stereocenters. The van der Waals surface area contributed by atoms with Crippen LogP contribution in [0.4, 0.5) is 24.7 Å². The van der Waals surface area contributed by atoms with Gasteiger partial charge in [-0.1, -0.05) is 17.3 Å². The zero-order chi connectivity index (χ0) is 25.2. The topological polar surface area (TPSA) is 121 Å². The molecule has 3 N–H and O–H groups in total. The van der Waals surface area contributed by atoms with E-state index in [1.54, 1.807) is 6.92 Å². The van der Waals surface area contributed by atoms with Crippen LogP contribution in [0.2, 0.25) is 0 Å². The highest BCUT2D eigenvalue weighted by Gasteiger charge is 2.30. The van der Waals surface area contributed by atoms with Gasteiger partial charge in [-0.2, -0.15) is 13.2 Å². The zero-order valence-electron chi connectivity index (χ0n) is 18.8. The van der Waals surface area contributed by atoms with Gasteiger partial charge in [-0.15, -0.1) is 5.10 Å². The van der Waals surface area contributed by atoms with Gasteiger partial charge in [0.15, 0.2) is 11.5 Å². The maximum absolute atomic E-state index is 12.7. The summed E-state index contributed by atoms with van der Waals surface area (Å²) in [6.07, 6.45) is -4.47. The van der Waals surface area contributed by atoms with E-state index in [-0.39, 0.29) is 23.7 Å². The van der Waals surface area contributed by atoms with Crippen molar-refractivity contribution in [3.8, 4) is 17.2 Å². The van der Waals surface area contributed by atoms with E-state index in [4.69, 9.17) is 14.9 Å². The molecular weight excluding hydrogens is 465 g/mol.